The summed E-state index contributed by atoms with van der Waals surface area (Å²) in [5, 5.41) is 18.0. The molecule has 0 saturated heterocycles. The number of aromatic nitrogens is 2. The van der Waals surface area contributed by atoms with Gasteiger partial charge in [-0.2, -0.15) is 10.4 Å². The molecular formula is C15H13BrClN3O. The zero-order valence-electron chi connectivity index (χ0n) is 11.7. The van der Waals surface area contributed by atoms with Crippen LogP contribution in [0.5, 0.6) is 11.6 Å². The Bertz CT molecular complexity index is 713. The summed E-state index contributed by atoms with van der Waals surface area (Å²) in [6.07, 6.45) is 1.43. The minimum atomic E-state index is 0.191. The van der Waals surface area contributed by atoms with Crippen LogP contribution in [0.1, 0.15) is 30.7 Å². The Balaban J connectivity index is 2.47. The van der Waals surface area contributed by atoms with Crippen molar-refractivity contribution in [2.24, 2.45) is 0 Å². The molecule has 0 aliphatic heterocycles. The smallest absolute Gasteiger partial charge is 0.257 e. The van der Waals surface area contributed by atoms with Crippen molar-refractivity contribution in [2.75, 3.05) is 0 Å². The van der Waals surface area contributed by atoms with E-state index in [0.717, 1.165) is 22.2 Å². The fourth-order valence-electron chi connectivity index (χ4n) is 2.00. The molecule has 0 aliphatic carbocycles. The topological polar surface area (TPSA) is 58.8 Å². The molecule has 0 spiro atoms. The van der Waals surface area contributed by atoms with E-state index in [4.69, 9.17) is 16.3 Å². The normalized spacial score (nSPS) is 10.2. The first-order valence-corrected chi connectivity index (χ1v) is 7.69. The van der Waals surface area contributed by atoms with Crippen LogP contribution in [0.15, 0.2) is 22.7 Å². The van der Waals surface area contributed by atoms with Gasteiger partial charge >= 0.3 is 0 Å². The van der Waals surface area contributed by atoms with E-state index >= 15 is 0 Å². The first-order valence-electron chi connectivity index (χ1n) is 6.52. The molecule has 6 heteroatoms. The van der Waals surface area contributed by atoms with E-state index in [1.54, 1.807) is 12.1 Å². The number of nitrogens with zero attached hydrogens (tertiary/aromatic N) is 3. The second-order valence-electron chi connectivity index (χ2n) is 4.30. The monoisotopic (exact) mass is 365 g/mol. The maximum Gasteiger partial charge on any atom is 0.257 e. The van der Waals surface area contributed by atoms with E-state index in [2.05, 4.69) is 32.2 Å². The molecule has 2 rings (SSSR count). The van der Waals surface area contributed by atoms with Crippen molar-refractivity contribution in [3.63, 3.8) is 0 Å². The molecule has 0 unspecified atom stereocenters. The lowest BCUT2D eigenvalue weighted by molar-refractivity contribution is 0.451. The summed E-state index contributed by atoms with van der Waals surface area (Å²) in [5.41, 5.74) is 2.12. The Morgan fingerprint density at radius 2 is 2.05 bits per heavy atom. The van der Waals surface area contributed by atoms with Crippen LogP contribution >= 0.6 is 27.5 Å². The van der Waals surface area contributed by atoms with Gasteiger partial charge in [0.15, 0.2) is 0 Å². The van der Waals surface area contributed by atoms with Crippen molar-refractivity contribution in [3.8, 4) is 17.7 Å². The highest BCUT2D eigenvalue weighted by Crippen LogP contribution is 2.33. The Hall–Kier alpha value is -1.64. The highest BCUT2D eigenvalue weighted by molar-refractivity contribution is 9.10. The molecule has 0 N–H and O–H groups in total. The van der Waals surface area contributed by atoms with E-state index in [1.165, 1.54) is 0 Å². The van der Waals surface area contributed by atoms with Gasteiger partial charge in [-0.3, -0.25) is 0 Å². The van der Waals surface area contributed by atoms with Crippen molar-refractivity contribution in [3.05, 3.63) is 44.5 Å². The summed E-state index contributed by atoms with van der Waals surface area (Å²) in [6.45, 7) is 3.96. The first-order chi connectivity index (χ1) is 10.1. The molecule has 1 aromatic carbocycles. The van der Waals surface area contributed by atoms with E-state index in [9.17, 15) is 5.26 Å². The van der Waals surface area contributed by atoms with Crippen molar-refractivity contribution >= 4 is 27.5 Å². The van der Waals surface area contributed by atoms with Crippen LogP contribution in [0, 0.1) is 11.3 Å². The van der Waals surface area contributed by atoms with Crippen LogP contribution in [0.25, 0.3) is 0 Å². The lowest BCUT2D eigenvalue weighted by Crippen LogP contribution is -2.05. The molecule has 108 valence electrons. The summed E-state index contributed by atoms with van der Waals surface area (Å²) in [4.78, 5) is 0. The predicted octanol–water partition coefficient (Wildman–Crippen LogP) is 4.68. The van der Waals surface area contributed by atoms with Gasteiger partial charge in [0.25, 0.3) is 5.88 Å². The SMILES string of the molecule is CCc1nnc(Oc2ccc(Br)cc2Cl)c(C#N)c1CC. The lowest BCUT2D eigenvalue weighted by Gasteiger charge is -2.12. The number of nitriles is 1. The van der Waals surface area contributed by atoms with Gasteiger partial charge < -0.3 is 4.74 Å². The zero-order valence-corrected chi connectivity index (χ0v) is 14.0. The van der Waals surface area contributed by atoms with Gasteiger partial charge in [0, 0.05) is 4.47 Å². The number of hydrogen-bond acceptors (Lipinski definition) is 4. The van der Waals surface area contributed by atoms with Crippen molar-refractivity contribution in [1.29, 1.82) is 5.26 Å². The summed E-state index contributed by atoms with van der Waals surface area (Å²) >= 11 is 9.45. The average Bonchev–Trinajstić information content (AvgIpc) is 2.49. The lowest BCUT2D eigenvalue weighted by atomic mass is 10.0. The maximum atomic E-state index is 9.40. The Morgan fingerprint density at radius 3 is 2.62 bits per heavy atom. The van der Waals surface area contributed by atoms with E-state index in [0.29, 0.717) is 22.8 Å². The van der Waals surface area contributed by atoms with Crippen LogP contribution < -0.4 is 4.74 Å². The Kier molecular flexibility index (Phi) is 5.16. The van der Waals surface area contributed by atoms with Crippen molar-refractivity contribution in [2.45, 2.75) is 26.7 Å². The number of aryl methyl sites for hydroxylation is 1. The molecule has 0 amide bonds. The number of benzene rings is 1. The summed E-state index contributed by atoms with van der Waals surface area (Å²) in [7, 11) is 0. The summed E-state index contributed by atoms with van der Waals surface area (Å²) < 4.78 is 6.53. The van der Waals surface area contributed by atoms with Gasteiger partial charge in [-0.25, -0.2) is 0 Å². The summed E-state index contributed by atoms with van der Waals surface area (Å²) in [6, 6.07) is 7.41. The molecule has 1 heterocycles. The third kappa shape index (κ3) is 3.34. The van der Waals surface area contributed by atoms with E-state index in [1.807, 2.05) is 19.9 Å². The average molecular weight is 367 g/mol. The van der Waals surface area contributed by atoms with Gasteiger partial charge in [0.1, 0.15) is 17.4 Å². The minimum absolute atomic E-state index is 0.191. The highest BCUT2D eigenvalue weighted by Gasteiger charge is 2.17. The second-order valence-corrected chi connectivity index (χ2v) is 5.62. The van der Waals surface area contributed by atoms with Crippen LogP contribution in [-0.2, 0) is 12.8 Å². The van der Waals surface area contributed by atoms with Crippen LogP contribution in [0.4, 0.5) is 0 Å². The summed E-state index contributed by atoms with van der Waals surface area (Å²) in [5.74, 6) is 0.632. The van der Waals surface area contributed by atoms with Crippen LogP contribution in [0.2, 0.25) is 5.02 Å². The minimum Gasteiger partial charge on any atom is -0.435 e. The quantitative estimate of drug-likeness (QED) is 0.788. The van der Waals surface area contributed by atoms with Gasteiger partial charge in [-0.05, 0) is 36.6 Å². The highest BCUT2D eigenvalue weighted by atomic mass is 79.9. The molecule has 0 atom stereocenters. The Labute approximate surface area is 136 Å². The third-order valence-corrected chi connectivity index (χ3v) is 3.81. The largest absolute Gasteiger partial charge is 0.435 e. The molecule has 2 aromatic rings. The number of halogens is 2. The molecule has 0 saturated carbocycles. The van der Waals surface area contributed by atoms with E-state index in [-0.39, 0.29) is 5.88 Å². The molecule has 0 radical (unpaired) electrons. The second kappa shape index (κ2) is 6.88. The van der Waals surface area contributed by atoms with Crippen LogP contribution in [-0.4, -0.2) is 10.2 Å². The van der Waals surface area contributed by atoms with Gasteiger partial charge in [0.05, 0.1) is 10.7 Å². The Morgan fingerprint density at radius 1 is 1.29 bits per heavy atom. The molecule has 0 fully saturated rings. The number of ether oxygens (including phenoxy) is 1. The van der Waals surface area contributed by atoms with Gasteiger partial charge in [-0.15, -0.1) is 5.10 Å². The van der Waals surface area contributed by atoms with Crippen molar-refractivity contribution in [1.82, 2.24) is 10.2 Å². The maximum absolute atomic E-state index is 9.40. The van der Waals surface area contributed by atoms with Crippen LogP contribution in [0.3, 0.4) is 0 Å². The van der Waals surface area contributed by atoms with Gasteiger partial charge in [0.2, 0.25) is 0 Å². The fourth-order valence-corrected chi connectivity index (χ4v) is 2.72. The molecule has 0 aliphatic rings. The van der Waals surface area contributed by atoms with E-state index < -0.39 is 0 Å². The standard InChI is InChI=1S/C15H13BrClN3O/c1-3-10-11(8-18)15(20-19-13(10)4-2)21-14-6-5-9(16)7-12(14)17/h5-7H,3-4H2,1-2H3. The fraction of sp³-hybridized carbons (Fsp3) is 0.267. The number of hydrogen-bond donors (Lipinski definition) is 0. The van der Waals surface area contributed by atoms with Crippen molar-refractivity contribution < 1.29 is 4.74 Å². The number of rotatable bonds is 4. The molecule has 4 nitrogen and oxygen atoms in total. The van der Waals surface area contributed by atoms with Gasteiger partial charge in [-0.1, -0.05) is 41.4 Å². The predicted molar refractivity (Wildman–Crippen MR) is 84.7 cm³/mol. The molecule has 1 aromatic heterocycles. The third-order valence-electron chi connectivity index (χ3n) is 3.03. The zero-order chi connectivity index (χ0) is 15.4. The molecule has 0 bridgehead atoms. The first kappa shape index (κ1) is 15.7. The molecule has 21 heavy (non-hydrogen) atoms. The molecular weight excluding hydrogens is 354 g/mol.